The lowest BCUT2D eigenvalue weighted by Crippen LogP contribution is -2.15. The first-order valence-corrected chi connectivity index (χ1v) is 11.0. The number of hydrogen-bond donors (Lipinski definition) is 1. The Balaban J connectivity index is 1.58. The molecule has 0 saturated heterocycles. The van der Waals surface area contributed by atoms with Gasteiger partial charge in [0.05, 0.1) is 5.56 Å². The lowest BCUT2D eigenvalue weighted by molar-refractivity contribution is 0.0372. The van der Waals surface area contributed by atoms with Crippen LogP contribution in [-0.2, 0) is 4.74 Å². The van der Waals surface area contributed by atoms with E-state index in [9.17, 15) is 4.79 Å². The standard InChI is InChI=1S/C27H19ClN4O2/c28-20-10-12-21(13-11-20)30-26-23-9-5-4-8-22(23)24(31-32-26)25(18-14-16-29-17-15-18)34-27(33)19-6-2-1-3-7-19/h1-17,25H,(H,30,32). The topological polar surface area (TPSA) is 77.0 Å². The lowest BCUT2D eigenvalue weighted by Gasteiger charge is -2.20. The maximum absolute atomic E-state index is 13.0. The normalized spacial score (nSPS) is 11.7. The summed E-state index contributed by atoms with van der Waals surface area (Å²) in [4.78, 5) is 17.1. The van der Waals surface area contributed by atoms with E-state index in [0.29, 0.717) is 22.1 Å². The summed E-state index contributed by atoms with van der Waals surface area (Å²) in [5, 5.41) is 14.6. The molecule has 3 aromatic carbocycles. The number of carbonyl (C=O) groups excluding carboxylic acids is 1. The minimum Gasteiger partial charge on any atom is -0.447 e. The Morgan fingerprint density at radius 1 is 0.794 bits per heavy atom. The van der Waals surface area contributed by atoms with Crippen molar-refractivity contribution >= 4 is 39.8 Å². The van der Waals surface area contributed by atoms with Gasteiger partial charge in [-0.25, -0.2) is 4.79 Å². The zero-order valence-corrected chi connectivity index (χ0v) is 18.7. The van der Waals surface area contributed by atoms with Gasteiger partial charge in [-0.15, -0.1) is 10.2 Å². The van der Waals surface area contributed by atoms with Gasteiger partial charge in [-0.05, 0) is 48.5 Å². The minimum atomic E-state index is -0.766. The molecule has 0 aliphatic heterocycles. The number of benzene rings is 3. The van der Waals surface area contributed by atoms with Crippen molar-refractivity contribution in [2.45, 2.75) is 6.10 Å². The van der Waals surface area contributed by atoms with E-state index < -0.39 is 12.1 Å². The van der Waals surface area contributed by atoms with Crippen LogP contribution >= 0.6 is 11.6 Å². The fraction of sp³-hybridized carbons (Fsp3) is 0.0370. The highest BCUT2D eigenvalue weighted by Crippen LogP contribution is 2.33. The highest BCUT2D eigenvalue weighted by Gasteiger charge is 2.25. The Labute approximate surface area is 201 Å². The summed E-state index contributed by atoms with van der Waals surface area (Å²) in [6.45, 7) is 0. The second-order valence-electron chi connectivity index (χ2n) is 7.54. The number of esters is 1. The first-order valence-electron chi connectivity index (χ1n) is 10.6. The number of ether oxygens (including phenoxy) is 1. The summed E-state index contributed by atoms with van der Waals surface area (Å²) in [6, 6.07) is 27.6. The van der Waals surface area contributed by atoms with Crippen molar-refractivity contribution in [3.05, 3.63) is 125 Å². The smallest absolute Gasteiger partial charge is 0.339 e. The summed E-state index contributed by atoms with van der Waals surface area (Å²) in [5.74, 6) is 0.140. The number of aromatic nitrogens is 3. The van der Waals surface area contributed by atoms with E-state index in [1.54, 1.807) is 60.9 Å². The third kappa shape index (κ3) is 4.58. The first kappa shape index (κ1) is 21.6. The average Bonchev–Trinajstić information content (AvgIpc) is 2.90. The quantitative estimate of drug-likeness (QED) is 0.293. The molecule has 0 saturated carbocycles. The van der Waals surface area contributed by atoms with Crippen LogP contribution < -0.4 is 5.32 Å². The van der Waals surface area contributed by atoms with E-state index in [4.69, 9.17) is 16.3 Å². The number of nitrogens with one attached hydrogen (secondary N) is 1. The molecule has 166 valence electrons. The summed E-state index contributed by atoms with van der Waals surface area (Å²) >= 11 is 6.01. The maximum atomic E-state index is 13.0. The van der Waals surface area contributed by atoms with Crippen molar-refractivity contribution < 1.29 is 9.53 Å². The molecule has 5 aromatic rings. The molecule has 1 N–H and O–H groups in total. The molecule has 5 rings (SSSR count). The van der Waals surface area contributed by atoms with E-state index in [1.807, 2.05) is 42.5 Å². The Hall–Kier alpha value is -4.29. The van der Waals surface area contributed by atoms with Crippen LogP contribution in [0.1, 0.15) is 27.7 Å². The van der Waals surface area contributed by atoms with Gasteiger partial charge in [0.2, 0.25) is 0 Å². The van der Waals surface area contributed by atoms with Gasteiger partial charge < -0.3 is 10.1 Å². The third-order valence-corrected chi connectivity index (χ3v) is 5.57. The third-order valence-electron chi connectivity index (χ3n) is 5.31. The van der Waals surface area contributed by atoms with E-state index in [1.165, 1.54) is 0 Å². The van der Waals surface area contributed by atoms with Crippen LogP contribution in [0.5, 0.6) is 0 Å². The summed E-state index contributed by atoms with van der Waals surface area (Å²) < 4.78 is 5.98. The number of pyridine rings is 1. The molecule has 0 bridgehead atoms. The molecule has 0 aliphatic rings. The number of anilines is 2. The molecule has 0 radical (unpaired) electrons. The van der Waals surface area contributed by atoms with Gasteiger partial charge in [0.15, 0.2) is 11.9 Å². The Kier molecular flexibility index (Phi) is 6.14. The second-order valence-corrected chi connectivity index (χ2v) is 7.98. The first-order chi connectivity index (χ1) is 16.7. The molecular weight excluding hydrogens is 448 g/mol. The fourth-order valence-corrected chi connectivity index (χ4v) is 3.78. The molecule has 34 heavy (non-hydrogen) atoms. The number of carbonyl (C=O) groups is 1. The number of fused-ring (bicyclic) bond motifs is 1. The summed E-state index contributed by atoms with van der Waals surface area (Å²) in [6.07, 6.45) is 2.55. The molecule has 1 unspecified atom stereocenters. The predicted molar refractivity (Wildman–Crippen MR) is 132 cm³/mol. The highest BCUT2D eigenvalue weighted by atomic mass is 35.5. The zero-order chi connectivity index (χ0) is 23.3. The van der Waals surface area contributed by atoms with Crippen LogP contribution in [0.2, 0.25) is 5.02 Å². The predicted octanol–water partition coefficient (Wildman–Crippen LogP) is 6.37. The van der Waals surface area contributed by atoms with Crippen LogP contribution in [0.25, 0.3) is 10.8 Å². The molecule has 7 heteroatoms. The molecule has 0 aliphatic carbocycles. The van der Waals surface area contributed by atoms with Crippen LogP contribution in [0.3, 0.4) is 0 Å². The van der Waals surface area contributed by atoms with Gasteiger partial charge in [-0.2, -0.15) is 0 Å². The number of nitrogens with zero attached hydrogens (tertiary/aromatic N) is 3. The van der Waals surface area contributed by atoms with Crippen LogP contribution in [0.15, 0.2) is 103 Å². The minimum absolute atomic E-state index is 0.448. The van der Waals surface area contributed by atoms with Crippen LogP contribution in [0.4, 0.5) is 11.5 Å². The van der Waals surface area contributed by atoms with Gasteiger partial charge >= 0.3 is 5.97 Å². The lowest BCUT2D eigenvalue weighted by atomic mass is 10.0. The van der Waals surface area contributed by atoms with Gasteiger partial charge in [-0.1, -0.05) is 54.1 Å². The zero-order valence-electron chi connectivity index (χ0n) is 17.9. The van der Waals surface area contributed by atoms with Crippen LogP contribution in [-0.4, -0.2) is 21.2 Å². The summed E-state index contributed by atoms with van der Waals surface area (Å²) in [5.41, 5.74) is 2.57. The molecular formula is C27H19ClN4O2. The molecule has 0 spiro atoms. The fourth-order valence-electron chi connectivity index (χ4n) is 3.65. The largest absolute Gasteiger partial charge is 0.447 e. The number of hydrogen-bond acceptors (Lipinski definition) is 6. The average molecular weight is 467 g/mol. The van der Waals surface area contributed by atoms with Crippen molar-refractivity contribution in [2.75, 3.05) is 5.32 Å². The van der Waals surface area contributed by atoms with Crippen molar-refractivity contribution in [1.82, 2.24) is 15.2 Å². The van der Waals surface area contributed by atoms with E-state index >= 15 is 0 Å². The second kappa shape index (κ2) is 9.68. The van der Waals surface area contributed by atoms with Gasteiger partial charge in [0.1, 0.15) is 5.69 Å². The van der Waals surface area contributed by atoms with Gasteiger partial charge in [-0.3, -0.25) is 4.98 Å². The van der Waals surface area contributed by atoms with Crippen LogP contribution in [0, 0.1) is 0 Å². The molecule has 0 amide bonds. The monoisotopic (exact) mass is 466 g/mol. The van der Waals surface area contributed by atoms with E-state index in [0.717, 1.165) is 22.0 Å². The highest BCUT2D eigenvalue weighted by molar-refractivity contribution is 6.30. The van der Waals surface area contributed by atoms with Gasteiger partial charge in [0.25, 0.3) is 0 Å². The van der Waals surface area contributed by atoms with Gasteiger partial charge in [0, 0.05) is 39.4 Å². The molecule has 2 aromatic heterocycles. The Bertz CT molecular complexity index is 1430. The van der Waals surface area contributed by atoms with Crippen molar-refractivity contribution in [1.29, 1.82) is 0 Å². The molecule has 2 heterocycles. The Morgan fingerprint density at radius 2 is 1.47 bits per heavy atom. The van der Waals surface area contributed by atoms with Crippen molar-refractivity contribution in [3.8, 4) is 0 Å². The van der Waals surface area contributed by atoms with E-state index in [2.05, 4.69) is 20.5 Å². The van der Waals surface area contributed by atoms with E-state index in [-0.39, 0.29) is 0 Å². The molecule has 1 atom stereocenters. The number of halogens is 1. The van der Waals surface area contributed by atoms with Crippen molar-refractivity contribution in [3.63, 3.8) is 0 Å². The Morgan fingerprint density at radius 3 is 2.21 bits per heavy atom. The van der Waals surface area contributed by atoms with Crippen molar-refractivity contribution in [2.24, 2.45) is 0 Å². The number of rotatable bonds is 6. The molecule has 0 fully saturated rings. The molecule has 6 nitrogen and oxygen atoms in total. The summed E-state index contributed by atoms with van der Waals surface area (Å²) in [7, 11) is 0. The SMILES string of the molecule is O=C(OC(c1ccncc1)c1nnc(Nc2ccc(Cl)cc2)c2ccccc12)c1ccccc1. The maximum Gasteiger partial charge on any atom is 0.339 e.